The molecule has 0 fully saturated rings. The second kappa shape index (κ2) is 8.01. The molecule has 0 aliphatic rings. The Morgan fingerprint density at radius 2 is 1.88 bits per heavy atom. The highest BCUT2D eigenvalue weighted by atomic mass is 35.5. The first-order valence-corrected chi connectivity index (χ1v) is 8.44. The van der Waals surface area contributed by atoms with Crippen molar-refractivity contribution in [2.24, 2.45) is 0 Å². The normalized spacial score (nSPS) is 10.5. The monoisotopic (exact) mass is 371 g/mol. The molecule has 134 valence electrons. The summed E-state index contributed by atoms with van der Waals surface area (Å²) < 4.78 is 13.3. The van der Waals surface area contributed by atoms with Gasteiger partial charge < -0.3 is 15.5 Å². The second-order valence-corrected chi connectivity index (χ2v) is 6.35. The van der Waals surface area contributed by atoms with E-state index in [4.69, 9.17) is 11.6 Å². The van der Waals surface area contributed by atoms with Crippen molar-refractivity contribution in [2.45, 2.75) is 6.54 Å². The lowest BCUT2D eigenvalue weighted by Crippen LogP contribution is -2.08. The van der Waals surface area contributed by atoms with Gasteiger partial charge in [0.2, 0.25) is 5.95 Å². The van der Waals surface area contributed by atoms with Gasteiger partial charge in [-0.3, -0.25) is 0 Å². The summed E-state index contributed by atoms with van der Waals surface area (Å²) in [6.07, 6.45) is 1.53. The first-order valence-electron chi connectivity index (χ1n) is 8.06. The van der Waals surface area contributed by atoms with Crippen molar-refractivity contribution in [3.63, 3.8) is 0 Å². The lowest BCUT2D eigenvalue weighted by atomic mass is 10.2. The van der Waals surface area contributed by atoms with Gasteiger partial charge in [-0.2, -0.15) is 4.98 Å². The van der Waals surface area contributed by atoms with Crippen LogP contribution in [-0.2, 0) is 6.54 Å². The van der Waals surface area contributed by atoms with E-state index in [1.54, 1.807) is 6.07 Å². The molecule has 5 nitrogen and oxygen atoms in total. The number of nitrogens with zero attached hydrogens (tertiary/aromatic N) is 3. The van der Waals surface area contributed by atoms with Gasteiger partial charge in [0.1, 0.15) is 10.8 Å². The average molecular weight is 372 g/mol. The molecule has 0 atom stereocenters. The van der Waals surface area contributed by atoms with Gasteiger partial charge in [-0.1, -0.05) is 23.7 Å². The predicted octanol–water partition coefficient (Wildman–Crippen LogP) is 4.69. The van der Waals surface area contributed by atoms with Crippen LogP contribution >= 0.6 is 11.6 Å². The Balaban J connectivity index is 1.70. The second-order valence-electron chi connectivity index (χ2n) is 5.94. The van der Waals surface area contributed by atoms with E-state index in [9.17, 15) is 4.39 Å². The molecular weight excluding hydrogens is 353 g/mol. The zero-order valence-corrected chi connectivity index (χ0v) is 15.3. The molecule has 0 saturated heterocycles. The van der Waals surface area contributed by atoms with Gasteiger partial charge >= 0.3 is 0 Å². The third-order valence-corrected chi connectivity index (χ3v) is 4.01. The molecule has 26 heavy (non-hydrogen) atoms. The summed E-state index contributed by atoms with van der Waals surface area (Å²) in [6, 6.07) is 14.3. The Kier molecular flexibility index (Phi) is 5.53. The minimum Gasteiger partial charge on any atom is -0.378 e. The molecule has 0 saturated carbocycles. The minimum absolute atomic E-state index is 0.276. The SMILES string of the molecule is CN(C)c1ccc(Nc2ncc(Cl)c(NCc3cccc(F)c3)n2)cc1. The molecule has 0 unspecified atom stereocenters. The highest BCUT2D eigenvalue weighted by Crippen LogP contribution is 2.23. The van der Waals surface area contributed by atoms with Crippen LogP contribution in [0.4, 0.5) is 27.5 Å². The third-order valence-electron chi connectivity index (χ3n) is 3.73. The summed E-state index contributed by atoms with van der Waals surface area (Å²) in [5.74, 6) is 0.633. The smallest absolute Gasteiger partial charge is 0.229 e. The predicted molar refractivity (Wildman–Crippen MR) is 105 cm³/mol. The van der Waals surface area contributed by atoms with Crippen molar-refractivity contribution < 1.29 is 4.39 Å². The number of anilines is 4. The Morgan fingerprint density at radius 1 is 1.12 bits per heavy atom. The zero-order valence-electron chi connectivity index (χ0n) is 14.5. The van der Waals surface area contributed by atoms with Crippen LogP contribution in [0, 0.1) is 5.82 Å². The zero-order chi connectivity index (χ0) is 18.5. The largest absolute Gasteiger partial charge is 0.378 e. The van der Waals surface area contributed by atoms with Crippen molar-refractivity contribution in [1.82, 2.24) is 9.97 Å². The molecule has 0 bridgehead atoms. The first kappa shape index (κ1) is 17.9. The minimum atomic E-state index is -0.276. The average Bonchev–Trinajstić information content (AvgIpc) is 2.63. The van der Waals surface area contributed by atoms with E-state index in [0.717, 1.165) is 16.9 Å². The van der Waals surface area contributed by atoms with E-state index < -0.39 is 0 Å². The van der Waals surface area contributed by atoms with Crippen LogP contribution in [0.2, 0.25) is 5.02 Å². The highest BCUT2D eigenvalue weighted by Gasteiger charge is 2.07. The fourth-order valence-electron chi connectivity index (χ4n) is 2.36. The number of aromatic nitrogens is 2. The summed E-state index contributed by atoms with van der Waals surface area (Å²) in [7, 11) is 3.97. The van der Waals surface area contributed by atoms with Crippen LogP contribution < -0.4 is 15.5 Å². The molecule has 0 radical (unpaired) electrons. The highest BCUT2D eigenvalue weighted by molar-refractivity contribution is 6.32. The third kappa shape index (κ3) is 4.61. The molecule has 3 rings (SSSR count). The van der Waals surface area contributed by atoms with Gasteiger partial charge in [0, 0.05) is 32.0 Å². The summed E-state index contributed by atoms with van der Waals surface area (Å²) >= 11 is 6.16. The van der Waals surface area contributed by atoms with Gasteiger partial charge in [0.15, 0.2) is 5.82 Å². The van der Waals surface area contributed by atoms with Crippen molar-refractivity contribution in [1.29, 1.82) is 0 Å². The van der Waals surface area contributed by atoms with Gasteiger partial charge in [-0.25, -0.2) is 9.37 Å². The molecule has 1 aromatic heterocycles. The molecule has 0 aliphatic carbocycles. The summed E-state index contributed by atoms with van der Waals surface area (Å²) in [5.41, 5.74) is 2.77. The summed E-state index contributed by atoms with van der Waals surface area (Å²) in [5, 5.41) is 6.65. The number of hydrogen-bond donors (Lipinski definition) is 2. The molecule has 2 aromatic carbocycles. The van der Waals surface area contributed by atoms with Crippen molar-refractivity contribution in [3.8, 4) is 0 Å². The lowest BCUT2D eigenvalue weighted by Gasteiger charge is -2.13. The van der Waals surface area contributed by atoms with Crippen LogP contribution in [-0.4, -0.2) is 24.1 Å². The van der Waals surface area contributed by atoms with E-state index in [0.29, 0.717) is 23.3 Å². The Labute approximate surface area is 156 Å². The van der Waals surface area contributed by atoms with Crippen LogP contribution in [0.5, 0.6) is 0 Å². The van der Waals surface area contributed by atoms with E-state index >= 15 is 0 Å². The van der Waals surface area contributed by atoms with Crippen LogP contribution in [0.25, 0.3) is 0 Å². The van der Waals surface area contributed by atoms with E-state index in [1.165, 1.54) is 18.3 Å². The molecule has 1 heterocycles. The molecule has 0 aliphatic heterocycles. The van der Waals surface area contributed by atoms with Gasteiger partial charge in [0.05, 0.1) is 6.20 Å². The molecule has 0 spiro atoms. The van der Waals surface area contributed by atoms with Gasteiger partial charge in [-0.15, -0.1) is 0 Å². The van der Waals surface area contributed by atoms with Crippen LogP contribution in [0.3, 0.4) is 0 Å². The maximum absolute atomic E-state index is 13.3. The fraction of sp³-hybridized carbons (Fsp3) is 0.158. The van der Waals surface area contributed by atoms with E-state index in [2.05, 4.69) is 20.6 Å². The number of hydrogen-bond acceptors (Lipinski definition) is 5. The number of benzene rings is 2. The van der Waals surface area contributed by atoms with Gasteiger partial charge in [0.25, 0.3) is 0 Å². The number of rotatable bonds is 6. The summed E-state index contributed by atoms with van der Waals surface area (Å²) in [4.78, 5) is 10.6. The standard InChI is InChI=1S/C19H19ClFN5/c1-26(2)16-8-6-15(7-9-16)24-19-23-12-17(20)18(25-19)22-11-13-4-3-5-14(21)10-13/h3-10,12H,11H2,1-2H3,(H2,22,23,24,25). The van der Waals surface area contributed by atoms with Crippen molar-refractivity contribution in [2.75, 3.05) is 29.6 Å². The quantitative estimate of drug-likeness (QED) is 0.658. The molecular formula is C19H19ClFN5. The topological polar surface area (TPSA) is 53.1 Å². The molecule has 7 heteroatoms. The Morgan fingerprint density at radius 3 is 2.58 bits per heavy atom. The van der Waals surface area contributed by atoms with E-state index in [-0.39, 0.29) is 5.82 Å². The van der Waals surface area contributed by atoms with Crippen LogP contribution in [0.15, 0.2) is 54.7 Å². The lowest BCUT2D eigenvalue weighted by molar-refractivity contribution is 0.626. The maximum atomic E-state index is 13.3. The molecule has 3 aromatic rings. The van der Waals surface area contributed by atoms with Crippen molar-refractivity contribution >= 4 is 34.7 Å². The maximum Gasteiger partial charge on any atom is 0.229 e. The summed E-state index contributed by atoms with van der Waals surface area (Å²) in [6.45, 7) is 0.408. The number of nitrogens with one attached hydrogen (secondary N) is 2. The Bertz CT molecular complexity index is 883. The van der Waals surface area contributed by atoms with E-state index in [1.807, 2.05) is 49.3 Å². The molecule has 0 amide bonds. The van der Waals surface area contributed by atoms with Crippen molar-refractivity contribution in [3.05, 3.63) is 71.1 Å². The molecule has 2 N–H and O–H groups in total. The van der Waals surface area contributed by atoms with Crippen LogP contribution in [0.1, 0.15) is 5.56 Å². The van der Waals surface area contributed by atoms with Gasteiger partial charge in [-0.05, 0) is 42.0 Å². The number of halogens is 2. The fourth-order valence-corrected chi connectivity index (χ4v) is 2.51. The Hall–Kier alpha value is -2.86. The first-order chi connectivity index (χ1) is 12.5.